The van der Waals surface area contributed by atoms with E-state index in [0.29, 0.717) is 15.7 Å². The van der Waals surface area contributed by atoms with Crippen LogP contribution in [-0.2, 0) is 0 Å². The number of nitrogens with one attached hydrogen (secondary N) is 1. The van der Waals surface area contributed by atoms with Gasteiger partial charge in [0, 0.05) is 19.3 Å². The second kappa shape index (κ2) is 6.18. The normalized spacial score (nSPS) is 10.5. The molecule has 0 aliphatic heterocycles. The van der Waals surface area contributed by atoms with Crippen molar-refractivity contribution >= 4 is 34.6 Å². The molecule has 1 rings (SSSR count). The highest BCUT2D eigenvalue weighted by atomic mass is 35.5. The Kier molecular flexibility index (Phi) is 5.19. The fourth-order valence-electron chi connectivity index (χ4n) is 1.55. The van der Waals surface area contributed by atoms with Gasteiger partial charge in [-0.15, -0.1) is 0 Å². The smallest absolute Gasteiger partial charge is 0.0743 e. The largest absolute Gasteiger partial charge is 0.399 e. The molecule has 0 aliphatic carbocycles. The Labute approximate surface area is 107 Å². The molecule has 5 heteroatoms. The molecule has 3 N–H and O–H groups in total. The zero-order chi connectivity index (χ0) is 12.1. The number of anilines is 2. The van der Waals surface area contributed by atoms with E-state index in [4.69, 9.17) is 28.9 Å². The van der Waals surface area contributed by atoms with E-state index in [9.17, 15) is 0 Å². The lowest BCUT2D eigenvalue weighted by atomic mass is 10.2. The van der Waals surface area contributed by atoms with Crippen LogP contribution in [0.1, 0.15) is 6.42 Å². The summed E-state index contributed by atoms with van der Waals surface area (Å²) in [4.78, 5) is 2.04. The summed E-state index contributed by atoms with van der Waals surface area (Å²) >= 11 is 12.2. The molecular weight excluding hydrogens is 245 g/mol. The summed E-state index contributed by atoms with van der Waals surface area (Å²) in [5.41, 5.74) is 7.08. The number of hydrogen-bond acceptors (Lipinski definition) is 3. The Bertz CT molecular complexity index is 332. The molecule has 1 aromatic rings. The molecule has 16 heavy (non-hydrogen) atoms. The third kappa shape index (κ3) is 3.44. The van der Waals surface area contributed by atoms with Gasteiger partial charge >= 0.3 is 0 Å². The summed E-state index contributed by atoms with van der Waals surface area (Å²) in [6, 6.07) is 3.44. The molecule has 0 radical (unpaired) electrons. The molecule has 0 unspecified atom stereocenters. The van der Waals surface area contributed by atoms with Gasteiger partial charge in [-0.25, -0.2) is 0 Å². The summed E-state index contributed by atoms with van der Waals surface area (Å²) in [5.74, 6) is 0. The van der Waals surface area contributed by atoms with Crippen molar-refractivity contribution in [3.63, 3.8) is 0 Å². The molecule has 0 bridgehead atoms. The van der Waals surface area contributed by atoms with Crippen LogP contribution in [0.25, 0.3) is 0 Å². The van der Waals surface area contributed by atoms with E-state index >= 15 is 0 Å². The fraction of sp³-hybridized carbons (Fsp3) is 0.455. The number of nitrogens with zero attached hydrogens (tertiary/aromatic N) is 1. The number of rotatable bonds is 5. The van der Waals surface area contributed by atoms with Gasteiger partial charge in [0.15, 0.2) is 0 Å². The van der Waals surface area contributed by atoms with E-state index in [-0.39, 0.29) is 0 Å². The lowest BCUT2D eigenvalue weighted by Crippen LogP contribution is -2.22. The van der Waals surface area contributed by atoms with Crippen molar-refractivity contribution in [3.05, 3.63) is 22.2 Å². The molecule has 0 aromatic heterocycles. The van der Waals surface area contributed by atoms with Crippen molar-refractivity contribution in [1.29, 1.82) is 0 Å². The standard InChI is InChI=1S/C11H17Cl2N3/c1-15-4-3-5-16(2)11-9(12)6-8(14)7-10(11)13/h6-7,15H,3-5,14H2,1-2H3. The fourth-order valence-corrected chi connectivity index (χ4v) is 2.35. The second-order valence-corrected chi connectivity index (χ2v) is 4.53. The molecule has 90 valence electrons. The first kappa shape index (κ1) is 13.4. The van der Waals surface area contributed by atoms with Crippen LogP contribution < -0.4 is 16.0 Å². The second-order valence-electron chi connectivity index (χ2n) is 3.71. The van der Waals surface area contributed by atoms with Crippen molar-refractivity contribution in [1.82, 2.24) is 5.32 Å². The predicted octanol–water partition coefficient (Wildman–Crippen LogP) is 2.62. The maximum Gasteiger partial charge on any atom is 0.0743 e. The first-order valence-corrected chi connectivity index (χ1v) is 5.92. The monoisotopic (exact) mass is 261 g/mol. The van der Waals surface area contributed by atoms with E-state index < -0.39 is 0 Å². The van der Waals surface area contributed by atoms with Gasteiger partial charge in [0.25, 0.3) is 0 Å². The highest BCUT2D eigenvalue weighted by molar-refractivity contribution is 6.39. The molecular formula is C11H17Cl2N3. The third-order valence-electron chi connectivity index (χ3n) is 2.34. The van der Waals surface area contributed by atoms with E-state index in [0.717, 1.165) is 25.2 Å². The molecule has 1 aromatic carbocycles. The average molecular weight is 262 g/mol. The highest BCUT2D eigenvalue weighted by Crippen LogP contribution is 2.35. The molecule has 0 saturated heterocycles. The Balaban J connectivity index is 2.78. The average Bonchev–Trinajstić information content (AvgIpc) is 2.16. The minimum atomic E-state index is 0.586. The van der Waals surface area contributed by atoms with Gasteiger partial charge in [0.1, 0.15) is 0 Å². The molecule has 0 amide bonds. The van der Waals surface area contributed by atoms with E-state index in [2.05, 4.69) is 5.32 Å². The van der Waals surface area contributed by atoms with Crippen LogP contribution in [0.4, 0.5) is 11.4 Å². The van der Waals surface area contributed by atoms with Crippen LogP contribution in [0.3, 0.4) is 0 Å². The molecule has 0 aliphatic rings. The van der Waals surface area contributed by atoms with Crippen molar-refractivity contribution in [2.45, 2.75) is 6.42 Å². The molecule has 0 spiro atoms. The molecule has 3 nitrogen and oxygen atoms in total. The molecule has 0 fully saturated rings. The number of nitrogens with two attached hydrogens (primary N) is 1. The van der Waals surface area contributed by atoms with Crippen molar-refractivity contribution in [3.8, 4) is 0 Å². The number of nitrogen functional groups attached to an aromatic ring is 1. The first-order valence-electron chi connectivity index (χ1n) is 5.16. The first-order chi connectivity index (χ1) is 7.56. The Morgan fingerprint density at radius 2 is 1.88 bits per heavy atom. The minimum Gasteiger partial charge on any atom is -0.399 e. The summed E-state index contributed by atoms with van der Waals surface area (Å²) in [5, 5.41) is 4.29. The third-order valence-corrected chi connectivity index (χ3v) is 2.92. The van der Waals surface area contributed by atoms with Crippen LogP contribution in [0, 0.1) is 0 Å². The molecule has 0 saturated carbocycles. The summed E-state index contributed by atoms with van der Waals surface area (Å²) in [6.45, 7) is 1.86. The Morgan fingerprint density at radius 3 is 2.38 bits per heavy atom. The topological polar surface area (TPSA) is 41.3 Å². The minimum absolute atomic E-state index is 0.586. The summed E-state index contributed by atoms with van der Waals surface area (Å²) in [6.07, 6.45) is 1.03. The van der Waals surface area contributed by atoms with Crippen LogP contribution in [0.2, 0.25) is 10.0 Å². The summed E-state index contributed by atoms with van der Waals surface area (Å²) in [7, 11) is 3.90. The van der Waals surface area contributed by atoms with E-state index in [1.165, 1.54) is 0 Å². The molecule has 0 heterocycles. The SMILES string of the molecule is CNCCCN(C)c1c(Cl)cc(N)cc1Cl. The van der Waals surface area contributed by atoms with Crippen LogP contribution in [0.15, 0.2) is 12.1 Å². The predicted molar refractivity (Wildman–Crippen MR) is 72.7 cm³/mol. The van der Waals surface area contributed by atoms with Gasteiger partial charge in [-0.3, -0.25) is 0 Å². The number of benzene rings is 1. The number of hydrogen-bond donors (Lipinski definition) is 2. The van der Waals surface area contributed by atoms with E-state index in [1.807, 2.05) is 19.0 Å². The van der Waals surface area contributed by atoms with Crippen molar-refractivity contribution in [2.24, 2.45) is 0 Å². The zero-order valence-electron chi connectivity index (χ0n) is 9.56. The van der Waals surface area contributed by atoms with Gasteiger partial charge in [-0.2, -0.15) is 0 Å². The van der Waals surface area contributed by atoms with Crippen LogP contribution >= 0.6 is 23.2 Å². The van der Waals surface area contributed by atoms with Crippen LogP contribution in [-0.4, -0.2) is 27.2 Å². The highest BCUT2D eigenvalue weighted by Gasteiger charge is 2.11. The lowest BCUT2D eigenvalue weighted by Gasteiger charge is -2.22. The lowest BCUT2D eigenvalue weighted by molar-refractivity contribution is 0.713. The quantitative estimate of drug-likeness (QED) is 0.633. The van der Waals surface area contributed by atoms with Gasteiger partial charge in [-0.1, -0.05) is 23.2 Å². The maximum absolute atomic E-state index is 6.12. The van der Waals surface area contributed by atoms with Crippen LogP contribution in [0.5, 0.6) is 0 Å². The summed E-state index contributed by atoms with van der Waals surface area (Å²) < 4.78 is 0. The maximum atomic E-state index is 6.12. The molecule has 0 atom stereocenters. The van der Waals surface area contributed by atoms with Gasteiger partial charge in [-0.05, 0) is 32.1 Å². The zero-order valence-corrected chi connectivity index (χ0v) is 11.1. The van der Waals surface area contributed by atoms with Gasteiger partial charge in [0.2, 0.25) is 0 Å². The Morgan fingerprint density at radius 1 is 1.31 bits per heavy atom. The Hall–Kier alpha value is -0.640. The van der Waals surface area contributed by atoms with E-state index in [1.54, 1.807) is 12.1 Å². The van der Waals surface area contributed by atoms with Crippen molar-refractivity contribution < 1.29 is 0 Å². The van der Waals surface area contributed by atoms with Gasteiger partial charge in [0.05, 0.1) is 15.7 Å². The van der Waals surface area contributed by atoms with Crippen molar-refractivity contribution in [2.75, 3.05) is 37.8 Å². The number of halogens is 2. The van der Waals surface area contributed by atoms with Gasteiger partial charge < -0.3 is 16.0 Å².